The molecule has 0 unspecified atom stereocenters. The Labute approximate surface area is 174 Å². The monoisotopic (exact) mass is 503 g/mol. The number of benzene rings is 1. The molecule has 27 heavy (non-hydrogen) atoms. The third-order valence-corrected chi connectivity index (χ3v) is 4.32. The Hall–Kier alpha value is -1.10. The van der Waals surface area contributed by atoms with Crippen LogP contribution < -0.4 is 10.6 Å². The van der Waals surface area contributed by atoms with Gasteiger partial charge in [-0.05, 0) is 37.0 Å². The second-order valence-electron chi connectivity index (χ2n) is 6.28. The fourth-order valence-corrected chi connectivity index (χ4v) is 2.95. The number of nitrogens with one attached hydrogen (secondary N) is 2. The molecule has 0 saturated heterocycles. The zero-order chi connectivity index (χ0) is 19.0. The van der Waals surface area contributed by atoms with E-state index in [2.05, 4.69) is 15.6 Å². The van der Waals surface area contributed by atoms with Crippen molar-refractivity contribution in [3.05, 3.63) is 35.1 Å². The van der Waals surface area contributed by atoms with Crippen LogP contribution in [0.1, 0.15) is 43.2 Å². The molecule has 0 amide bonds. The molecule has 1 aliphatic carbocycles. The highest BCUT2D eigenvalue weighted by Gasteiger charge is 2.33. The van der Waals surface area contributed by atoms with E-state index in [0.29, 0.717) is 31.3 Å². The third kappa shape index (κ3) is 8.20. The SMILES string of the molecule is CN=C(NCCCOC1CCCC1)NCc1ccc(F)cc1C(F)(F)F.I. The van der Waals surface area contributed by atoms with Crippen LogP contribution >= 0.6 is 24.0 Å². The van der Waals surface area contributed by atoms with E-state index in [1.54, 1.807) is 7.05 Å². The number of rotatable bonds is 7. The molecule has 9 heteroatoms. The lowest BCUT2D eigenvalue weighted by Gasteiger charge is -2.16. The van der Waals surface area contributed by atoms with Gasteiger partial charge < -0.3 is 15.4 Å². The maximum absolute atomic E-state index is 13.1. The second kappa shape index (κ2) is 11.7. The fourth-order valence-electron chi connectivity index (χ4n) is 2.95. The number of aliphatic imine (C=N–C) groups is 1. The molecule has 1 aliphatic rings. The number of ether oxygens (including phenoxy) is 1. The molecule has 0 spiro atoms. The average Bonchev–Trinajstić information content (AvgIpc) is 3.10. The number of hydrogen-bond acceptors (Lipinski definition) is 2. The lowest BCUT2D eigenvalue weighted by molar-refractivity contribution is -0.138. The van der Waals surface area contributed by atoms with Gasteiger partial charge in [0.2, 0.25) is 0 Å². The summed E-state index contributed by atoms with van der Waals surface area (Å²) in [5.74, 6) is -0.519. The van der Waals surface area contributed by atoms with Crippen molar-refractivity contribution in [2.24, 2.45) is 4.99 Å². The lowest BCUT2D eigenvalue weighted by atomic mass is 10.1. The zero-order valence-corrected chi connectivity index (χ0v) is 17.6. The molecule has 0 bridgehead atoms. The minimum Gasteiger partial charge on any atom is -0.378 e. The second-order valence-corrected chi connectivity index (χ2v) is 6.28. The van der Waals surface area contributed by atoms with Crippen LogP contribution in [-0.2, 0) is 17.5 Å². The summed E-state index contributed by atoms with van der Waals surface area (Å²) in [6, 6.07) is 2.66. The van der Waals surface area contributed by atoms with E-state index in [1.807, 2.05) is 0 Å². The standard InChI is InChI=1S/C18H25F4N3O.HI/c1-23-17(24-9-4-10-26-15-5-2-3-6-15)25-12-13-7-8-14(19)11-16(13)18(20,21)22;/h7-8,11,15H,2-6,9-10,12H2,1H3,(H2,23,24,25);1H. The van der Waals surface area contributed by atoms with Crippen LogP contribution in [0.5, 0.6) is 0 Å². The summed E-state index contributed by atoms with van der Waals surface area (Å²) in [5, 5.41) is 5.86. The molecule has 1 saturated carbocycles. The first kappa shape index (κ1) is 23.9. The normalized spacial score (nSPS) is 15.5. The first-order valence-corrected chi connectivity index (χ1v) is 8.82. The number of nitrogens with zero attached hydrogens (tertiary/aromatic N) is 1. The molecule has 2 N–H and O–H groups in total. The van der Waals surface area contributed by atoms with Crippen LogP contribution in [0.4, 0.5) is 17.6 Å². The highest BCUT2D eigenvalue weighted by molar-refractivity contribution is 14.0. The molecule has 0 radical (unpaired) electrons. The van der Waals surface area contributed by atoms with Crippen molar-refractivity contribution in [2.75, 3.05) is 20.2 Å². The summed E-state index contributed by atoms with van der Waals surface area (Å²) in [7, 11) is 1.54. The summed E-state index contributed by atoms with van der Waals surface area (Å²) in [4.78, 5) is 3.99. The van der Waals surface area contributed by atoms with Crippen molar-refractivity contribution in [3.63, 3.8) is 0 Å². The van der Waals surface area contributed by atoms with Gasteiger partial charge in [-0.25, -0.2) is 4.39 Å². The topological polar surface area (TPSA) is 45.7 Å². The first-order chi connectivity index (χ1) is 12.4. The van der Waals surface area contributed by atoms with Gasteiger partial charge in [0, 0.05) is 26.7 Å². The van der Waals surface area contributed by atoms with E-state index >= 15 is 0 Å². The Balaban J connectivity index is 0.00000364. The zero-order valence-electron chi connectivity index (χ0n) is 15.2. The van der Waals surface area contributed by atoms with Gasteiger partial charge >= 0.3 is 6.18 Å². The van der Waals surface area contributed by atoms with E-state index in [-0.39, 0.29) is 36.1 Å². The fraction of sp³-hybridized carbons (Fsp3) is 0.611. The van der Waals surface area contributed by atoms with Gasteiger partial charge in [-0.1, -0.05) is 18.9 Å². The summed E-state index contributed by atoms with van der Waals surface area (Å²) >= 11 is 0. The van der Waals surface area contributed by atoms with Crippen molar-refractivity contribution in [1.29, 1.82) is 0 Å². The predicted molar refractivity (Wildman–Crippen MR) is 108 cm³/mol. The van der Waals surface area contributed by atoms with Crippen LogP contribution in [0.2, 0.25) is 0 Å². The van der Waals surface area contributed by atoms with Gasteiger partial charge in [0.25, 0.3) is 0 Å². The van der Waals surface area contributed by atoms with Gasteiger partial charge in [-0.15, -0.1) is 24.0 Å². The summed E-state index contributed by atoms with van der Waals surface area (Å²) in [6.07, 6.45) is 1.23. The van der Waals surface area contributed by atoms with Gasteiger partial charge in [-0.2, -0.15) is 13.2 Å². The van der Waals surface area contributed by atoms with E-state index in [9.17, 15) is 17.6 Å². The molecule has 2 rings (SSSR count). The minimum atomic E-state index is -4.60. The van der Waals surface area contributed by atoms with Crippen molar-refractivity contribution in [3.8, 4) is 0 Å². The van der Waals surface area contributed by atoms with Crippen molar-refractivity contribution in [2.45, 2.75) is 50.9 Å². The highest BCUT2D eigenvalue weighted by atomic mass is 127. The smallest absolute Gasteiger partial charge is 0.378 e. The molecule has 1 aromatic carbocycles. The van der Waals surface area contributed by atoms with Gasteiger partial charge in [0.05, 0.1) is 11.7 Å². The summed E-state index contributed by atoms with van der Waals surface area (Å²) in [5.41, 5.74) is -1.02. The van der Waals surface area contributed by atoms with E-state index in [1.165, 1.54) is 12.8 Å². The maximum Gasteiger partial charge on any atom is 0.416 e. The lowest BCUT2D eigenvalue weighted by Crippen LogP contribution is -2.38. The molecule has 0 heterocycles. The van der Waals surface area contributed by atoms with Crippen LogP contribution in [0.25, 0.3) is 0 Å². The van der Waals surface area contributed by atoms with E-state index in [0.717, 1.165) is 31.4 Å². The molecule has 0 atom stereocenters. The average molecular weight is 503 g/mol. The van der Waals surface area contributed by atoms with Crippen LogP contribution in [0, 0.1) is 5.82 Å². The number of hydrogen-bond donors (Lipinski definition) is 2. The minimum absolute atomic E-state index is 0. The molecule has 0 aromatic heterocycles. The number of guanidine groups is 1. The van der Waals surface area contributed by atoms with E-state index in [4.69, 9.17) is 4.74 Å². The van der Waals surface area contributed by atoms with Crippen molar-refractivity contribution < 1.29 is 22.3 Å². The molecule has 1 fully saturated rings. The quantitative estimate of drug-likeness (QED) is 0.190. The largest absolute Gasteiger partial charge is 0.416 e. The maximum atomic E-state index is 13.1. The summed E-state index contributed by atoms with van der Waals surface area (Å²) in [6.45, 7) is 1.14. The number of alkyl halides is 3. The Morgan fingerprint density at radius 1 is 1.22 bits per heavy atom. The van der Waals surface area contributed by atoms with Gasteiger partial charge in [0.15, 0.2) is 5.96 Å². The Morgan fingerprint density at radius 2 is 1.93 bits per heavy atom. The highest BCUT2D eigenvalue weighted by Crippen LogP contribution is 2.32. The number of halogens is 5. The predicted octanol–water partition coefficient (Wildman–Crippen LogP) is 4.48. The molecular weight excluding hydrogens is 477 g/mol. The summed E-state index contributed by atoms with van der Waals surface area (Å²) < 4.78 is 57.9. The van der Waals surface area contributed by atoms with Crippen molar-refractivity contribution in [1.82, 2.24) is 10.6 Å². The van der Waals surface area contributed by atoms with Gasteiger partial charge in [-0.3, -0.25) is 4.99 Å². The van der Waals surface area contributed by atoms with Crippen LogP contribution in [-0.4, -0.2) is 32.3 Å². The van der Waals surface area contributed by atoms with E-state index < -0.39 is 17.6 Å². The van der Waals surface area contributed by atoms with Crippen LogP contribution in [0.15, 0.2) is 23.2 Å². The Kier molecular flexibility index (Phi) is 10.4. The molecular formula is C18H26F4IN3O. The first-order valence-electron chi connectivity index (χ1n) is 8.82. The van der Waals surface area contributed by atoms with Crippen LogP contribution in [0.3, 0.4) is 0 Å². The molecule has 1 aromatic rings. The molecule has 154 valence electrons. The van der Waals surface area contributed by atoms with Gasteiger partial charge in [0.1, 0.15) is 5.82 Å². The molecule has 0 aliphatic heterocycles. The van der Waals surface area contributed by atoms with Crippen molar-refractivity contribution >= 4 is 29.9 Å². The Morgan fingerprint density at radius 3 is 2.56 bits per heavy atom. The third-order valence-electron chi connectivity index (χ3n) is 4.32. The molecule has 4 nitrogen and oxygen atoms in total. The Bertz CT molecular complexity index is 605.